The molecule has 226 valence electrons. The smallest absolute Gasteiger partial charge is 0.0781 e. The summed E-state index contributed by atoms with van der Waals surface area (Å²) in [5.41, 5.74) is 10.7. The molecular weight excluding hydrogens is 581 g/mol. The van der Waals surface area contributed by atoms with E-state index in [2.05, 4.69) is 139 Å². The topological polar surface area (TPSA) is 25.8 Å². The molecule has 9 rings (SSSR count). The zero-order valence-corrected chi connectivity index (χ0v) is 26.7. The first kappa shape index (κ1) is 28.1. The Kier molecular flexibility index (Phi) is 6.80. The highest BCUT2D eigenvalue weighted by Gasteiger charge is 2.20. The fourth-order valence-corrected chi connectivity index (χ4v) is 7.51. The lowest BCUT2D eigenvalue weighted by atomic mass is 9.83. The molecule has 0 fully saturated rings. The van der Waals surface area contributed by atoms with E-state index < -0.39 is 0 Å². The minimum Gasteiger partial charge on any atom is -0.265 e. The van der Waals surface area contributed by atoms with Crippen molar-refractivity contribution in [2.45, 2.75) is 13.3 Å². The lowest BCUT2D eigenvalue weighted by molar-refractivity contribution is 1.15. The summed E-state index contributed by atoms with van der Waals surface area (Å²) in [6.45, 7) is 2.21. The monoisotopic (exact) mass is 612 g/mol. The number of fused-ring (bicyclic) bond motifs is 4. The van der Waals surface area contributed by atoms with Crippen LogP contribution in [0.3, 0.4) is 0 Å². The summed E-state index contributed by atoms with van der Waals surface area (Å²) in [4.78, 5) is 9.07. The Morgan fingerprint density at radius 3 is 1.69 bits per heavy atom. The molecule has 0 aliphatic carbocycles. The van der Waals surface area contributed by atoms with Gasteiger partial charge in [-0.2, -0.15) is 0 Å². The Hall–Kier alpha value is -6.12. The fourth-order valence-electron chi connectivity index (χ4n) is 7.51. The quantitative estimate of drug-likeness (QED) is 0.181. The third kappa shape index (κ3) is 4.57. The van der Waals surface area contributed by atoms with Crippen molar-refractivity contribution in [1.82, 2.24) is 9.97 Å². The van der Waals surface area contributed by atoms with Crippen LogP contribution in [-0.2, 0) is 6.42 Å². The fraction of sp³-hybridized carbons (Fsp3) is 0.0435. The molecule has 0 aliphatic rings. The minimum absolute atomic E-state index is 0.958. The van der Waals surface area contributed by atoms with Gasteiger partial charge in [-0.1, -0.05) is 128 Å². The molecule has 9 aromatic rings. The number of pyridine rings is 2. The van der Waals surface area contributed by atoms with E-state index in [9.17, 15) is 0 Å². The van der Waals surface area contributed by atoms with Crippen LogP contribution in [0.1, 0.15) is 12.5 Å². The van der Waals surface area contributed by atoms with Crippen molar-refractivity contribution < 1.29 is 0 Å². The largest absolute Gasteiger partial charge is 0.265 e. The first-order valence-electron chi connectivity index (χ1n) is 16.6. The van der Waals surface area contributed by atoms with E-state index in [-0.39, 0.29) is 0 Å². The third-order valence-corrected chi connectivity index (χ3v) is 9.78. The molecule has 0 aliphatic heterocycles. The van der Waals surface area contributed by atoms with Gasteiger partial charge in [-0.05, 0) is 107 Å². The van der Waals surface area contributed by atoms with Gasteiger partial charge in [0, 0.05) is 29.7 Å². The Morgan fingerprint density at radius 1 is 0.417 bits per heavy atom. The number of rotatable bonds is 5. The van der Waals surface area contributed by atoms with Crippen LogP contribution in [0.15, 0.2) is 164 Å². The molecule has 0 N–H and O–H groups in total. The van der Waals surface area contributed by atoms with Crippen molar-refractivity contribution in [3.63, 3.8) is 0 Å². The van der Waals surface area contributed by atoms with Gasteiger partial charge in [0.15, 0.2) is 0 Å². The molecule has 0 bridgehead atoms. The van der Waals surface area contributed by atoms with E-state index in [0.29, 0.717) is 0 Å². The number of benzene rings is 7. The maximum absolute atomic E-state index is 4.83. The Labute approximate surface area is 280 Å². The molecule has 0 radical (unpaired) electrons. The lowest BCUT2D eigenvalue weighted by Crippen LogP contribution is -1.94. The van der Waals surface area contributed by atoms with Gasteiger partial charge in [0.25, 0.3) is 0 Å². The van der Waals surface area contributed by atoms with Crippen molar-refractivity contribution in [2.24, 2.45) is 0 Å². The zero-order valence-electron chi connectivity index (χ0n) is 26.7. The molecule has 2 heterocycles. The van der Waals surface area contributed by atoms with Crippen molar-refractivity contribution in [3.8, 4) is 44.6 Å². The lowest BCUT2D eigenvalue weighted by Gasteiger charge is -2.20. The predicted octanol–water partition coefficient (Wildman–Crippen LogP) is 12.3. The van der Waals surface area contributed by atoms with Gasteiger partial charge in [0.1, 0.15) is 0 Å². The average molecular weight is 613 g/mol. The number of aromatic nitrogens is 2. The number of hydrogen-bond acceptors (Lipinski definition) is 2. The molecule has 0 spiro atoms. The molecular formula is C46H32N2. The summed E-state index contributed by atoms with van der Waals surface area (Å²) in [5, 5.41) is 10.0. The highest BCUT2D eigenvalue weighted by atomic mass is 14.7. The average Bonchev–Trinajstić information content (AvgIpc) is 3.16. The van der Waals surface area contributed by atoms with Gasteiger partial charge in [0.2, 0.25) is 0 Å². The first-order chi connectivity index (χ1) is 23.8. The van der Waals surface area contributed by atoms with Crippen LogP contribution in [-0.4, -0.2) is 9.97 Å². The second-order valence-electron chi connectivity index (χ2n) is 12.4. The Morgan fingerprint density at radius 2 is 1.00 bits per heavy atom. The third-order valence-electron chi connectivity index (χ3n) is 9.78. The maximum Gasteiger partial charge on any atom is 0.0781 e. The van der Waals surface area contributed by atoms with Crippen molar-refractivity contribution in [3.05, 3.63) is 170 Å². The van der Waals surface area contributed by atoms with Crippen LogP contribution < -0.4 is 0 Å². The second-order valence-corrected chi connectivity index (χ2v) is 12.4. The molecule has 2 aromatic heterocycles. The van der Waals surface area contributed by atoms with Crippen LogP contribution in [0.25, 0.3) is 87.7 Å². The summed E-state index contributed by atoms with van der Waals surface area (Å²) >= 11 is 0. The van der Waals surface area contributed by atoms with E-state index >= 15 is 0 Å². The van der Waals surface area contributed by atoms with E-state index in [0.717, 1.165) is 23.2 Å². The molecule has 7 aromatic carbocycles. The summed E-state index contributed by atoms with van der Waals surface area (Å²) in [5.74, 6) is 0. The Bertz CT molecular complexity index is 2600. The highest BCUT2D eigenvalue weighted by molar-refractivity contribution is 6.24. The predicted molar refractivity (Wildman–Crippen MR) is 203 cm³/mol. The van der Waals surface area contributed by atoms with Gasteiger partial charge < -0.3 is 0 Å². The van der Waals surface area contributed by atoms with Crippen LogP contribution in [0.4, 0.5) is 0 Å². The molecule has 0 saturated heterocycles. The normalized spacial score (nSPS) is 11.5. The SMILES string of the molecule is CCc1ccc2cc(-c3c4ccccc4c(-c4ccc(-c5cccnc5-c5ccncc5)c5ccccc45)c4ccccc34)ccc2c1. The summed E-state index contributed by atoms with van der Waals surface area (Å²) in [6.07, 6.45) is 6.57. The highest BCUT2D eigenvalue weighted by Crippen LogP contribution is 2.47. The van der Waals surface area contributed by atoms with E-state index in [1.807, 2.05) is 36.8 Å². The molecule has 2 nitrogen and oxygen atoms in total. The number of aryl methyl sites for hydroxylation is 1. The van der Waals surface area contributed by atoms with Gasteiger partial charge >= 0.3 is 0 Å². The number of hydrogen-bond donors (Lipinski definition) is 0. The van der Waals surface area contributed by atoms with Crippen molar-refractivity contribution in [2.75, 3.05) is 0 Å². The molecule has 0 unspecified atom stereocenters. The van der Waals surface area contributed by atoms with E-state index in [1.54, 1.807) is 0 Å². The van der Waals surface area contributed by atoms with Crippen LogP contribution in [0.5, 0.6) is 0 Å². The molecule has 0 atom stereocenters. The van der Waals surface area contributed by atoms with Gasteiger partial charge in [-0.25, -0.2) is 0 Å². The summed E-state index contributed by atoms with van der Waals surface area (Å²) in [7, 11) is 0. The standard InChI is InChI=1S/C46H32N2/c1-2-30-17-18-33-29-34(20-19-32(33)28-30)44-38-12-5-7-14-40(38)45(41-15-8-6-13-39(41)44)42-22-21-37(35-10-3-4-11-36(35)42)43-16-9-25-48-46(43)31-23-26-47-27-24-31/h3-29H,2H2,1H3. The van der Waals surface area contributed by atoms with Crippen molar-refractivity contribution in [1.29, 1.82) is 0 Å². The maximum atomic E-state index is 4.83. The summed E-state index contributed by atoms with van der Waals surface area (Å²) < 4.78 is 0. The van der Waals surface area contributed by atoms with Crippen molar-refractivity contribution >= 4 is 43.1 Å². The van der Waals surface area contributed by atoms with E-state index in [4.69, 9.17) is 4.98 Å². The number of nitrogens with zero attached hydrogens (tertiary/aromatic N) is 2. The minimum atomic E-state index is 0.958. The second kappa shape index (κ2) is 11.6. The molecule has 48 heavy (non-hydrogen) atoms. The van der Waals surface area contributed by atoms with Gasteiger partial charge in [-0.15, -0.1) is 0 Å². The van der Waals surface area contributed by atoms with Gasteiger partial charge in [0.05, 0.1) is 5.69 Å². The van der Waals surface area contributed by atoms with Crippen LogP contribution >= 0.6 is 0 Å². The Balaban J connectivity index is 1.31. The molecule has 0 amide bonds. The zero-order chi connectivity index (χ0) is 32.0. The molecule has 0 saturated carbocycles. The van der Waals surface area contributed by atoms with Gasteiger partial charge in [-0.3, -0.25) is 9.97 Å². The van der Waals surface area contributed by atoms with Crippen LogP contribution in [0, 0.1) is 0 Å². The van der Waals surface area contributed by atoms with Crippen LogP contribution in [0.2, 0.25) is 0 Å². The summed E-state index contributed by atoms with van der Waals surface area (Å²) in [6, 6.07) is 53.3. The van der Waals surface area contributed by atoms with E-state index in [1.165, 1.54) is 76.5 Å². The first-order valence-corrected chi connectivity index (χ1v) is 16.6. The molecule has 2 heteroatoms.